The molecule has 1 aliphatic rings. The number of rotatable bonds is 2. The molecule has 0 amide bonds. The van der Waals surface area contributed by atoms with Gasteiger partial charge >= 0.3 is 0 Å². The summed E-state index contributed by atoms with van der Waals surface area (Å²) in [6.07, 6.45) is 1.25. The Morgan fingerprint density at radius 1 is 1.11 bits per heavy atom. The van der Waals surface area contributed by atoms with Crippen LogP contribution in [0.1, 0.15) is 26.7 Å². The van der Waals surface area contributed by atoms with E-state index in [1.807, 2.05) is 0 Å². The SMILES string of the molecule is C[C@H](O)C1([C@@H](C)O)CC1. The topological polar surface area (TPSA) is 40.5 Å². The molecule has 0 spiro atoms. The van der Waals surface area contributed by atoms with E-state index < -0.39 is 0 Å². The first kappa shape index (κ1) is 7.03. The molecule has 0 aliphatic heterocycles. The Balaban J connectivity index is 2.52. The normalized spacial score (nSPS) is 29.3. The van der Waals surface area contributed by atoms with Gasteiger partial charge in [0.1, 0.15) is 0 Å². The van der Waals surface area contributed by atoms with Crippen LogP contribution in [0.2, 0.25) is 0 Å². The zero-order chi connectivity index (χ0) is 7.07. The summed E-state index contributed by atoms with van der Waals surface area (Å²) < 4.78 is 0. The van der Waals surface area contributed by atoms with Gasteiger partial charge in [0.25, 0.3) is 0 Å². The Bertz CT molecular complexity index is 93.5. The number of aliphatic hydroxyl groups is 2. The molecule has 0 bridgehead atoms. The Labute approximate surface area is 55.5 Å². The first-order valence-corrected chi connectivity index (χ1v) is 3.46. The van der Waals surface area contributed by atoms with Crippen LogP contribution < -0.4 is 0 Å². The third-order valence-corrected chi connectivity index (χ3v) is 2.49. The average Bonchev–Trinajstić information content (AvgIpc) is 2.40. The molecular formula is C7H14O2. The lowest BCUT2D eigenvalue weighted by atomic mass is 9.95. The van der Waals surface area contributed by atoms with Crippen molar-refractivity contribution in [3.8, 4) is 0 Å². The van der Waals surface area contributed by atoms with Gasteiger partial charge in [0.05, 0.1) is 12.2 Å². The standard InChI is InChI=1S/C7H14O2/c1-5(8)7(3-4-7)6(2)9/h5-6,8-9H,3-4H2,1-2H3/t5-,6+. The third kappa shape index (κ3) is 0.970. The molecule has 2 atom stereocenters. The minimum absolute atomic E-state index is 0.139. The summed E-state index contributed by atoms with van der Waals surface area (Å²) >= 11 is 0. The van der Waals surface area contributed by atoms with Crippen LogP contribution in [-0.4, -0.2) is 22.4 Å². The Hall–Kier alpha value is -0.0800. The quantitative estimate of drug-likeness (QED) is 0.572. The van der Waals surface area contributed by atoms with Crippen molar-refractivity contribution in [2.24, 2.45) is 5.41 Å². The Kier molecular flexibility index (Phi) is 1.53. The monoisotopic (exact) mass is 130 g/mol. The van der Waals surface area contributed by atoms with E-state index in [-0.39, 0.29) is 17.6 Å². The zero-order valence-electron chi connectivity index (χ0n) is 5.96. The van der Waals surface area contributed by atoms with Crippen LogP contribution in [0.5, 0.6) is 0 Å². The van der Waals surface area contributed by atoms with Crippen molar-refractivity contribution >= 4 is 0 Å². The van der Waals surface area contributed by atoms with Crippen molar-refractivity contribution < 1.29 is 10.2 Å². The van der Waals surface area contributed by atoms with Gasteiger partial charge in [0.2, 0.25) is 0 Å². The first-order chi connectivity index (χ1) is 4.09. The summed E-state index contributed by atoms with van der Waals surface area (Å²) in [5.41, 5.74) is -0.139. The molecule has 2 heteroatoms. The summed E-state index contributed by atoms with van der Waals surface area (Å²) in [4.78, 5) is 0. The molecule has 9 heavy (non-hydrogen) atoms. The summed E-state index contributed by atoms with van der Waals surface area (Å²) in [7, 11) is 0. The number of hydrogen-bond donors (Lipinski definition) is 2. The van der Waals surface area contributed by atoms with Gasteiger partial charge in [-0.05, 0) is 26.7 Å². The molecule has 0 radical (unpaired) electrons. The van der Waals surface area contributed by atoms with E-state index in [0.717, 1.165) is 12.8 Å². The van der Waals surface area contributed by atoms with Gasteiger partial charge in [-0.2, -0.15) is 0 Å². The smallest absolute Gasteiger partial charge is 0.0592 e. The summed E-state index contributed by atoms with van der Waals surface area (Å²) in [5, 5.41) is 18.3. The van der Waals surface area contributed by atoms with Gasteiger partial charge in [0, 0.05) is 5.41 Å². The van der Waals surface area contributed by atoms with Crippen LogP contribution in [0.15, 0.2) is 0 Å². The highest BCUT2D eigenvalue weighted by molar-refractivity contribution is 5.00. The van der Waals surface area contributed by atoms with Gasteiger partial charge in [-0.1, -0.05) is 0 Å². The largest absolute Gasteiger partial charge is 0.393 e. The fourth-order valence-electron chi connectivity index (χ4n) is 1.33. The van der Waals surface area contributed by atoms with Crippen molar-refractivity contribution in [1.29, 1.82) is 0 Å². The maximum absolute atomic E-state index is 9.15. The summed E-state index contributed by atoms with van der Waals surface area (Å²) in [6, 6.07) is 0. The first-order valence-electron chi connectivity index (χ1n) is 3.46. The van der Waals surface area contributed by atoms with Gasteiger partial charge in [0.15, 0.2) is 0 Å². The van der Waals surface area contributed by atoms with Crippen LogP contribution >= 0.6 is 0 Å². The molecule has 0 unspecified atom stereocenters. The van der Waals surface area contributed by atoms with Crippen LogP contribution in [0.4, 0.5) is 0 Å². The fraction of sp³-hybridized carbons (Fsp3) is 1.00. The van der Waals surface area contributed by atoms with Crippen molar-refractivity contribution in [3.05, 3.63) is 0 Å². The van der Waals surface area contributed by atoms with Crippen LogP contribution in [0, 0.1) is 5.41 Å². The van der Waals surface area contributed by atoms with Gasteiger partial charge in [-0.3, -0.25) is 0 Å². The van der Waals surface area contributed by atoms with Crippen molar-refractivity contribution in [2.45, 2.75) is 38.9 Å². The van der Waals surface area contributed by atoms with E-state index in [2.05, 4.69) is 0 Å². The van der Waals surface area contributed by atoms with Gasteiger partial charge in [-0.25, -0.2) is 0 Å². The molecule has 0 aromatic rings. The lowest BCUT2D eigenvalue weighted by molar-refractivity contribution is 0.0143. The molecule has 2 N–H and O–H groups in total. The van der Waals surface area contributed by atoms with Gasteiger partial charge < -0.3 is 10.2 Å². The highest BCUT2D eigenvalue weighted by atomic mass is 16.3. The molecule has 0 aromatic carbocycles. The zero-order valence-corrected chi connectivity index (χ0v) is 5.96. The third-order valence-electron chi connectivity index (χ3n) is 2.49. The van der Waals surface area contributed by atoms with E-state index in [4.69, 9.17) is 10.2 Å². The molecular weight excluding hydrogens is 116 g/mol. The predicted molar refractivity (Wildman–Crippen MR) is 35.0 cm³/mol. The van der Waals surface area contributed by atoms with Crippen LogP contribution in [-0.2, 0) is 0 Å². The van der Waals surface area contributed by atoms with E-state index in [9.17, 15) is 0 Å². The average molecular weight is 130 g/mol. The maximum atomic E-state index is 9.15. The van der Waals surface area contributed by atoms with E-state index in [0.29, 0.717) is 0 Å². The highest BCUT2D eigenvalue weighted by Crippen LogP contribution is 2.51. The second-order valence-corrected chi connectivity index (χ2v) is 3.09. The number of aliphatic hydroxyl groups excluding tert-OH is 2. The van der Waals surface area contributed by atoms with Crippen molar-refractivity contribution in [2.75, 3.05) is 0 Å². The Morgan fingerprint density at radius 2 is 1.44 bits per heavy atom. The molecule has 0 saturated heterocycles. The minimum atomic E-state index is -0.350. The predicted octanol–water partition coefficient (Wildman–Crippen LogP) is 0.528. The second kappa shape index (κ2) is 1.96. The maximum Gasteiger partial charge on any atom is 0.0592 e. The molecule has 2 nitrogen and oxygen atoms in total. The van der Waals surface area contributed by atoms with Crippen LogP contribution in [0.25, 0.3) is 0 Å². The molecule has 1 rings (SSSR count). The molecule has 1 aliphatic carbocycles. The lowest BCUT2D eigenvalue weighted by Gasteiger charge is -2.21. The summed E-state index contributed by atoms with van der Waals surface area (Å²) in [5.74, 6) is 0. The number of hydrogen-bond acceptors (Lipinski definition) is 2. The van der Waals surface area contributed by atoms with E-state index in [1.54, 1.807) is 13.8 Å². The van der Waals surface area contributed by atoms with E-state index in [1.165, 1.54) is 0 Å². The van der Waals surface area contributed by atoms with E-state index >= 15 is 0 Å². The van der Waals surface area contributed by atoms with Gasteiger partial charge in [-0.15, -0.1) is 0 Å². The highest BCUT2D eigenvalue weighted by Gasteiger charge is 2.50. The lowest BCUT2D eigenvalue weighted by Crippen LogP contribution is -2.29. The Morgan fingerprint density at radius 3 is 1.44 bits per heavy atom. The molecule has 1 fully saturated rings. The summed E-state index contributed by atoms with van der Waals surface area (Å²) in [6.45, 7) is 3.50. The van der Waals surface area contributed by atoms with Crippen molar-refractivity contribution in [1.82, 2.24) is 0 Å². The molecule has 54 valence electrons. The van der Waals surface area contributed by atoms with Crippen molar-refractivity contribution in [3.63, 3.8) is 0 Å². The molecule has 1 saturated carbocycles. The molecule has 0 heterocycles. The fourth-order valence-corrected chi connectivity index (χ4v) is 1.33. The minimum Gasteiger partial charge on any atom is -0.393 e. The molecule has 0 aromatic heterocycles. The second-order valence-electron chi connectivity index (χ2n) is 3.09. The van der Waals surface area contributed by atoms with Crippen LogP contribution in [0.3, 0.4) is 0 Å².